The summed E-state index contributed by atoms with van der Waals surface area (Å²) >= 11 is 0. The van der Waals surface area contributed by atoms with E-state index < -0.39 is 0 Å². The Hall–Kier alpha value is -1.56. The lowest BCUT2D eigenvalue weighted by Crippen LogP contribution is -2.45. The van der Waals surface area contributed by atoms with Gasteiger partial charge in [-0.1, -0.05) is 13.8 Å². The van der Waals surface area contributed by atoms with Gasteiger partial charge in [0.1, 0.15) is 0 Å². The molecule has 0 saturated heterocycles. The molecular weight excluding hydrogens is 324 g/mol. The highest BCUT2D eigenvalue weighted by atomic mass is 15.3. The Bertz CT molecular complexity index is 551. The first-order valence-electron chi connectivity index (χ1n) is 10.2. The predicted octanol–water partition coefficient (Wildman–Crippen LogP) is 2.72. The van der Waals surface area contributed by atoms with E-state index in [-0.39, 0.29) is 0 Å². The van der Waals surface area contributed by atoms with Gasteiger partial charge >= 0.3 is 0 Å². The minimum absolute atomic E-state index is 0.547. The topological polar surface area (TPSA) is 57.5 Å². The molecule has 0 bridgehead atoms. The van der Waals surface area contributed by atoms with Crippen LogP contribution < -0.4 is 10.6 Å². The van der Waals surface area contributed by atoms with Crippen LogP contribution in [0.25, 0.3) is 0 Å². The van der Waals surface area contributed by atoms with Crippen LogP contribution in [-0.4, -0.2) is 52.4 Å². The molecule has 0 unspecified atom stereocenters. The summed E-state index contributed by atoms with van der Waals surface area (Å²) in [6.45, 7) is 18.9. The zero-order valence-electron chi connectivity index (χ0n) is 18.2. The number of nitrogens with one attached hydrogen (secondary N) is 2. The molecule has 0 fully saturated rings. The van der Waals surface area contributed by atoms with Crippen molar-refractivity contribution in [3.05, 3.63) is 17.0 Å². The molecule has 0 spiro atoms. The Kier molecular flexibility index (Phi) is 9.70. The highest BCUT2D eigenvalue weighted by Gasteiger charge is 2.14. The van der Waals surface area contributed by atoms with Crippen LogP contribution in [0.5, 0.6) is 0 Å². The third-order valence-electron chi connectivity index (χ3n) is 4.76. The van der Waals surface area contributed by atoms with Crippen LogP contribution in [0.15, 0.2) is 4.99 Å². The molecule has 0 amide bonds. The zero-order valence-corrected chi connectivity index (χ0v) is 18.2. The third kappa shape index (κ3) is 6.31. The van der Waals surface area contributed by atoms with E-state index in [1.54, 1.807) is 0 Å². The monoisotopic (exact) mass is 364 g/mol. The van der Waals surface area contributed by atoms with Crippen molar-refractivity contribution in [1.82, 2.24) is 25.3 Å². The number of guanidine groups is 1. The smallest absolute Gasteiger partial charge is 0.191 e. The molecule has 0 aromatic carbocycles. The number of hydrogen-bond donors (Lipinski definition) is 2. The summed E-state index contributed by atoms with van der Waals surface area (Å²) in [7, 11) is 2.03. The second-order valence-corrected chi connectivity index (χ2v) is 7.25. The lowest BCUT2D eigenvalue weighted by Gasteiger charge is -2.30. The minimum atomic E-state index is 0.547. The predicted molar refractivity (Wildman–Crippen MR) is 112 cm³/mol. The number of aromatic nitrogens is 2. The van der Waals surface area contributed by atoms with Gasteiger partial charge in [-0.25, -0.2) is 4.99 Å². The van der Waals surface area contributed by atoms with Crippen molar-refractivity contribution in [1.29, 1.82) is 0 Å². The van der Waals surface area contributed by atoms with Crippen LogP contribution in [0, 0.1) is 0 Å². The van der Waals surface area contributed by atoms with Crippen molar-refractivity contribution < 1.29 is 0 Å². The molecule has 1 aromatic heterocycles. The molecule has 0 saturated carbocycles. The van der Waals surface area contributed by atoms with Crippen LogP contribution in [0.4, 0.5) is 0 Å². The van der Waals surface area contributed by atoms with Crippen LogP contribution in [0.3, 0.4) is 0 Å². The van der Waals surface area contributed by atoms with Crippen LogP contribution in [0.2, 0.25) is 0 Å². The summed E-state index contributed by atoms with van der Waals surface area (Å²) in [6, 6.07) is 1.09. The maximum atomic E-state index is 4.82. The molecule has 0 radical (unpaired) electrons. The highest BCUT2D eigenvalue weighted by molar-refractivity contribution is 5.79. The molecular formula is C20H40N6. The Morgan fingerprint density at radius 3 is 2.23 bits per heavy atom. The Morgan fingerprint density at radius 2 is 1.73 bits per heavy atom. The average Bonchev–Trinajstić information content (AvgIpc) is 2.90. The van der Waals surface area contributed by atoms with E-state index in [2.05, 4.69) is 69.1 Å². The molecule has 2 N–H and O–H groups in total. The quantitative estimate of drug-likeness (QED) is 0.495. The van der Waals surface area contributed by atoms with Gasteiger partial charge in [-0.2, -0.15) is 5.10 Å². The van der Waals surface area contributed by atoms with Crippen LogP contribution >= 0.6 is 0 Å². The number of rotatable bonds is 10. The molecule has 0 aliphatic rings. The normalized spacial score (nSPS) is 12.5. The number of aryl methyl sites for hydroxylation is 2. The van der Waals surface area contributed by atoms with E-state index in [4.69, 9.17) is 4.99 Å². The van der Waals surface area contributed by atoms with Crippen LogP contribution in [-0.2, 0) is 26.4 Å². The van der Waals surface area contributed by atoms with E-state index in [1.165, 1.54) is 11.3 Å². The summed E-state index contributed by atoms with van der Waals surface area (Å²) in [4.78, 5) is 7.31. The van der Waals surface area contributed by atoms with Crippen molar-refractivity contribution in [2.45, 2.75) is 79.9 Å². The summed E-state index contributed by atoms with van der Waals surface area (Å²) < 4.78 is 2.01. The van der Waals surface area contributed by atoms with Crippen molar-refractivity contribution >= 4 is 5.96 Å². The van der Waals surface area contributed by atoms with Gasteiger partial charge in [-0.15, -0.1) is 0 Å². The molecule has 6 heteroatoms. The van der Waals surface area contributed by atoms with E-state index in [9.17, 15) is 0 Å². The van der Waals surface area contributed by atoms with E-state index in [0.717, 1.165) is 44.1 Å². The van der Waals surface area contributed by atoms with Crippen molar-refractivity contribution in [3.63, 3.8) is 0 Å². The maximum Gasteiger partial charge on any atom is 0.191 e. The van der Waals surface area contributed by atoms with Gasteiger partial charge in [-0.05, 0) is 47.5 Å². The van der Waals surface area contributed by atoms with E-state index >= 15 is 0 Å². The van der Waals surface area contributed by atoms with Crippen molar-refractivity contribution in [2.75, 3.05) is 19.6 Å². The molecule has 1 aromatic rings. The highest BCUT2D eigenvalue weighted by Crippen LogP contribution is 2.16. The Labute approximate surface area is 160 Å². The van der Waals surface area contributed by atoms with Crippen molar-refractivity contribution in [2.24, 2.45) is 12.0 Å². The lowest BCUT2D eigenvalue weighted by molar-refractivity contribution is 0.178. The third-order valence-corrected chi connectivity index (χ3v) is 4.76. The first-order valence-corrected chi connectivity index (χ1v) is 10.2. The van der Waals surface area contributed by atoms with Gasteiger partial charge in [0.25, 0.3) is 0 Å². The molecule has 150 valence electrons. The molecule has 0 atom stereocenters. The molecule has 1 heterocycles. The van der Waals surface area contributed by atoms with Crippen molar-refractivity contribution in [3.8, 4) is 0 Å². The Morgan fingerprint density at radius 1 is 1.08 bits per heavy atom. The second kappa shape index (κ2) is 11.2. The fraction of sp³-hybridized carbons (Fsp3) is 0.800. The van der Waals surface area contributed by atoms with Gasteiger partial charge in [0.15, 0.2) is 5.96 Å². The first kappa shape index (κ1) is 22.5. The number of aliphatic imine (C=N–C) groups is 1. The van der Waals surface area contributed by atoms with Gasteiger partial charge in [0, 0.05) is 50.0 Å². The van der Waals surface area contributed by atoms with E-state index in [0.29, 0.717) is 18.6 Å². The molecule has 0 aliphatic carbocycles. The van der Waals surface area contributed by atoms with Gasteiger partial charge in [-0.3, -0.25) is 9.58 Å². The molecule has 0 aliphatic heterocycles. The lowest BCUT2D eigenvalue weighted by atomic mass is 10.1. The summed E-state index contributed by atoms with van der Waals surface area (Å²) in [5.41, 5.74) is 3.72. The molecule has 26 heavy (non-hydrogen) atoms. The summed E-state index contributed by atoms with van der Waals surface area (Å²) in [6.07, 6.45) is 1.93. The largest absolute Gasteiger partial charge is 0.357 e. The summed E-state index contributed by atoms with van der Waals surface area (Å²) in [5, 5.41) is 11.5. The number of nitrogens with zero attached hydrogens (tertiary/aromatic N) is 4. The first-order chi connectivity index (χ1) is 12.3. The fourth-order valence-electron chi connectivity index (χ4n) is 3.49. The average molecular weight is 365 g/mol. The standard InChI is InChI=1S/C20H40N6/c1-9-18-17(19(10-2)25(8)24-18)14-23-20(21-11-3)22-12-13-26(15(4)5)16(6)7/h15-16H,9-14H2,1-8H3,(H2,21,22,23). The maximum absolute atomic E-state index is 4.82. The Balaban J connectivity index is 2.78. The van der Waals surface area contributed by atoms with Gasteiger partial charge < -0.3 is 10.6 Å². The molecule has 6 nitrogen and oxygen atoms in total. The van der Waals surface area contributed by atoms with Gasteiger partial charge in [0.05, 0.1) is 12.2 Å². The molecule has 1 rings (SSSR count). The fourth-order valence-corrected chi connectivity index (χ4v) is 3.49. The van der Waals surface area contributed by atoms with E-state index in [1.807, 2.05) is 11.7 Å². The summed E-state index contributed by atoms with van der Waals surface area (Å²) in [5.74, 6) is 0.882. The van der Waals surface area contributed by atoms with Gasteiger partial charge in [0.2, 0.25) is 0 Å². The zero-order chi connectivity index (χ0) is 19.7. The minimum Gasteiger partial charge on any atom is -0.357 e. The van der Waals surface area contributed by atoms with Crippen LogP contribution in [0.1, 0.15) is 65.4 Å². The SMILES string of the molecule is CCNC(=NCc1c(CC)nn(C)c1CC)NCCN(C(C)C)C(C)C. The number of hydrogen-bond acceptors (Lipinski definition) is 3. The second-order valence-electron chi connectivity index (χ2n) is 7.25.